The van der Waals surface area contributed by atoms with Gasteiger partial charge in [0.2, 0.25) is 0 Å². The summed E-state index contributed by atoms with van der Waals surface area (Å²) in [5.41, 5.74) is 6.17. The van der Waals surface area contributed by atoms with Gasteiger partial charge in [0.1, 0.15) is 0 Å². The number of anilines is 1. The molecule has 0 aromatic heterocycles. The van der Waals surface area contributed by atoms with Crippen LogP contribution < -0.4 is 16.4 Å². The largest absolute Gasteiger partial charge is 0.389 e. The van der Waals surface area contributed by atoms with E-state index in [1.54, 1.807) is 0 Å². The number of rotatable bonds is 7. The first-order valence-corrected chi connectivity index (χ1v) is 7.02. The summed E-state index contributed by atoms with van der Waals surface area (Å²) in [6, 6.07) is 7.04. The van der Waals surface area contributed by atoms with Crippen LogP contribution in [0, 0.1) is 0 Å². The number of hydrogen-bond donors (Lipinski definition) is 4. The van der Waals surface area contributed by atoms with Crippen molar-refractivity contribution in [1.82, 2.24) is 5.32 Å². The minimum absolute atomic E-state index is 0.127. The molecule has 1 aromatic carbocycles. The normalized spacial score (nSPS) is 13.0. The van der Waals surface area contributed by atoms with Gasteiger partial charge in [-0.3, -0.25) is 0 Å². The van der Waals surface area contributed by atoms with E-state index in [1.807, 2.05) is 45.0 Å². The molecule has 2 amide bonds. The standard InChI is InChI=1S/C15H25N3O2/c1-4-15(20,5-2)10-17-11(3)12-6-8-13(9-7-12)18-14(16)19/h6-9,11,17,20H,4-5,10H2,1-3H3,(H3,16,18,19). The molecule has 112 valence electrons. The predicted octanol–water partition coefficient (Wildman–Crippen LogP) is 2.38. The van der Waals surface area contributed by atoms with Gasteiger partial charge in [0.05, 0.1) is 5.60 Å². The summed E-state index contributed by atoms with van der Waals surface area (Å²) in [4.78, 5) is 10.7. The molecule has 0 fully saturated rings. The van der Waals surface area contributed by atoms with Gasteiger partial charge >= 0.3 is 6.03 Å². The first kappa shape index (κ1) is 16.5. The van der Waals surface area contributed by atoms with Crippen molar-refractivity contribution >= 4 is 11.7 Å². The van der Waals surface area contributed by atoms with Gasteiger partial charge in [0.25, 0.3) is 0 Å². The molecule has 0 saturated heterocycles. The van der Waals surface area contributed by atoms with E-state index in [0.29, 0.717) is 12.2 Å². The summed E-state index contributed by atoms with van der Waals surface area (Å²) >= 11 is 0. The average molecular weight is 279 g/mol. The fourth-order valence-electron chi connectivity index (χ4n) is 1.96. The van der Waals surface area contributed by atoms with E-state index >= 15 is 0 Å². The van der Waals surface area contributed by atoms with Crippen molar-refractivity contribution in [2.45, 2.75) is 45.3 Å². The quantitative estimate of drug-likeness (QED) is 0.618. The van der Waals surface area contributed by atoms with Crippen molar-refractivity contribution in [2.24, 2.45) is 5.73 Å². The highest BCUT2D eigenvalue weighted by atomic mass is 16.3. The number of aliphatic hydroxyl groups is 1. The van der Waals surface area contributed by atoms with Crippen LogP contribution in [0.15, 0.2) is 24.3 Å². The van der Waals surface area contributed by atoms with Crippen LogP contribution in [-0.2, 0) is 0 Å². The van der Waals surface area contributed by atoms with E-state index in [-0.39, 0.29) is 6.04 Å². The van der Waals surface area contributed by atoms with Crippen LogP contribution in [0.1, 0.15) is 45.2 Å². The van der Waals surface area contributed by atoms with Gasteiger partial charge in [0.15, 0.2) is 0 Å². The number of amides is 2. The van der Waals surface area contributed by atoms with E-state index in [1.165, 1.54) is 0 Å². The molecule has 5 nitrogen and oxygen atoms in total. The van der Waals surface area contributed by atoms with Gasteiger partial charge in [-0.05, 0) is 37.5 Å². The Hall–Kier alpha value is -1.59. The summed E-state index contributed by atoms with van der Waals surface area (Å²) in [5, 5.41) is 16.1. The second kappa shape index (κ2) is 7.26. The van der Waals surface area contributed by atoms with E-state index in [4.69, 9.17) is 5.73 Å². The fourth-order valence-corrected chi connectivity index (χ4v) is 1.96. The van der Waals surface area contributed by atoms with Gasteiger partial charge in [-0.2, -0.15) is 0 Å². The third kappa shape index (κ3) is 4.83. The molecular weight excluding hydrogens is 254 g/mol. The van der Waals surface area contributed by atoms with Crippen molar-refractivity contribution in [3.8, 4) is 0 Å². The average Bonchev–Trinajstić information content (AvgIpc) is 2.44. The van der Waals surface area contributed by atoms with Crippen molar-refractivity contribution < 1.29 is 9.90 Å². The number of primary amides is 1. The lowest BCUT2D eigenvalue weighted by molar-refractivity contribution is 0.0303. The van der Waals surface area contributed by atoms with Gasteiger partial charge < -0.3 is 21.5 Å². The van der Waals surface area contributed by atoms with Crippen LogP contribution in [0.5, 0.6) is 0 Å². The maximum atomic E-state index is 10.7. The second-order valence-electron chi connectivity index (χ2n) is 5.15. The van der Waals surface area contributed by atoms with Gasteiger partial charge in [-0.15, -0.1) is 0 Å². The molecule has 20 heavy (non-hydrogen) atoms. The van der Waals surface area contributed by atoms with Crippen LogP contribution in [0.4, 0.5) is 10.5 Å². The third-order valence-corrected chi connectivity index (χ3v) is 3.73. The molecule has 0 bridgehead atoms. The number of nitrogens with two attached hydrogens (primary N) is 1. The Morgan fingerprint density at radius 1 is 1.30 bits per heavy atom. The number of urea groups is 1. The molecule has 1 atom stereocenters. The maximum Gasteiger partial charge on any atom is 0.316 e. The zero-order chi connectivity index (χ0) is 15.2. The molecule has 1 aromatic rings. The summed E-state index contributed by atoms with van der Waals surface area (Å²) in [6.07, 6.45) is 1.45. The van der Waals surface area contributed by atoms with Gasteiger partial charge in [0, 0.05) is 18.3 Å². The summed E-state index contributed by atoms with van der Waals surface area (Å²) in [6.45, 7) is 6.57. The van der Waals surface area contributed by atoms with Crippen LogP contribution in [-0.4, -0.2) is 23.3 Å². The second-order valence-corrected chi connectivity index (χ2v) is 5.15. The summed E-state index contributed by atoms with van der Waals surface area (Å²) in [5.74, 6) is 0. The van der Waals surface area contributed by atoms with E-state index in [2.05, 4.69) is 10.6 Å². The van der Waals surface area contributed by atoms with E-state index < -0.39 is 11.6 Å². The molecule has 0 spiro atoms. The van der Waals surface area contributed by atoms with E-state index in [9.17, 15) is 9.90 Å². The lowest BCUT2D eigenvalue weighted by Gasteiger charge is -2.27. The van der Waals surface area contributed by atoms with E-state index in [0.717, 1.165) is 18.4 Å². The molecule has 0 heterocycles. The molecule has 1 unspecified atom stereocenters. The van der Waals surface area contributed by atoms with Crippen LogP contribution in [0.25, 0.3) is 0 Å². The highest BCUT2D eigenvalue weighted by molar-refractivity contribution is 5.87. The lowest BCUT2D eigenvalue weighted by Crippen LogP contribution is -2.40. The smallest absolute Gasteiger partial charge is 0.316 e. The Labute approximate surface area is 120 Å². The Morgan fingerprint density at radius 3 is 2.30 bits per heavy atom. The van der Waals surface area contributed by atoms with Crippen LogP contribution >= 0.6 is 0 Å². The Morgan fingerprint density at radius 2 is 1.85 bits per heavy atom. The lowest BCUT2D eigenvalue weighted by atomic mass is 9.96. The van der Waals surface area contributed by atoms with Gasteiger partial charge in [-0.25, -0.2) is 4.79 Å². The Bertz CT molecular complexity index is 427. The number of nitrogens with one attached hydrogen (secondary N) is 2. The number of carbonyl (C=O) groups is 1. The zero-order valence-electron chi connectivity index (χ0n) is 12.4. The number of hydrogen-bond acceptors (Lipinski definition) is 3. The number of benzene rings is 1. The zero-order valence-corrected chi connectivity index (χ0v) is 12.4. The molecule has 0 saturated carbocycles. The van der Waals surface area contributed by atoms with Crippen molar-refractivity contribution in [3.63, 3.8) is 0 Å². The molecule has 1 rings (SSSR count). The molecule has 0 aliphatic rings. The highest BCUT2D eigenvalue weighted by Crippen LogP contribution is 2.18. The van der Waals surface area contributed by atoms with Crippen molar-refractivity contribution in [3.05, 3.63) is 29.8 Å². The summed E-state index contributed by atoms with van der Waals surface area (Å²) in [7, 11) is 0. The molecule has 5 heteroatoms. The SMILES string of the molecule is CCC(O)(CC)CNC(C)c1ccc(NC(N)=O)cc1. The van der Waals surface area contributed by atoms with Crippen LogP contribution in [0.2, 0.25) is 0 Å². The first-order chi connectivity index (χ1) is 9.40. The maximum absolute atomic E-state index is 10.7. The van der Waals surface area contributed by atoms with Crippen molar-refractivity contribution in [2.75, 3.05) is 11.9 Å². The third-order valence-electron chi connectivity index (χ3n) is 3.73. The predicted molar refractivity (Wildman–Crippen MR) is 81.6 cm³/mol. The molecule has 5 N–H and O–H groups in total. The monoisotopic (exact) mass is 279 g/mol. The molecule has 0 aliphatic carbocycles. The first-order valence-electron chi connectivity index (χ1n) is 7.02. The highest BCUT2D eigenvalue weighted by Gasteiger charge is 2.22. The van der Waals surface area contributed by atoms with Gasteiger partial charge in [-0.1, -0.05) is 26.0 Å². The molecule has 0 radical (unpaired) electrons. The minimum atomic E-state index is -0.651. The number of carbonyl (C=O) groups excluding carboxylic acids is 1. The topological polar surface area (TPSA) is 87.4 Å². The molecular formula is C15H25N3O2. The summed E-state index contributed by atoms with van der Waals surface area (Å²) < 4.78 is 0. The Balaban J connectivity index is 2.59. The Kier molecular flexibility index (Phi) is 5.98. The molecule has 0 aliphatic heterocycles. The van der Waals surface area contributed by atoms with Crippen LogP contribution in [0.3, 0.4) is 0 Å². The minimum Gasteiger partial charge on any atom is -0.389 e. The van der Waals surface area contributed by atoms with Crippen molar-refractivity contribution in [1.29, 1.82) is 0 Å². The fraction of sp³-hybridized carbons (Fsp3) is 0.533.